The van der Waals surface area contributed by atoms with Crippen molar-refractivity contribution in [1.82, 2.24) is 20.2 Å². The SMILES string of the molecule is Cn1c(Cc2c(Cl)ccc(CNC(=O)C34CC(CN3)C4)c2Cl)nc2cc(Cl)c(N3CCCC(C(F)(F)F)C3)cc21. The van der Waals surface area contributed by atoms with E-state index in [2.05, 4.69) is 10.6 Å². The number of aromatic nitrogens is 2. The fraction of sp³-hybridized carbons (Fsp3) is 0.500. The number of aryl methyl sites for hydroxylation is 1. The molecular formula is C28H29Cl3F3N5O. The lowest BCUT2D eigenvalue weighted by Gasteiger charge is -2.35. The molecular weight excluding hydrogens is 586 g/mol. The van der Waals surface area contributed by atoms with Crippen molar-refractivity contribution >= 4 is 57.4 Å². The predicted octanol–water partition coefficient (Wildman–Crippen LogP) is 6.27. The van der Waals surface area contributed by atoms with Gasteiger partial charge in [-0.15, -0.1) is 0 Å². The number of nitrogens with one attached hydrogen (secondary N) is 2. The standard InChI is InChI=1S/C28H29Cl3F3N5O/c1-38-23-9-22(39-6-2-3-17(14-39)28(32,33)34)20(30)8-21(23)37-24(38)7-18-19(29)5-4-16(25(18)31)13-35-26(40)27-10-15(11-27)12-36-27/h4-5,8-9,15,17,36H,2-3,6-7,10-14H2,1H3,(H,35,40). The zero-order valence-electron chi connectivity index (χ0n) is 21.8. The summed E-state index contributed by atoms with van der Waals surface area (Å²) in [4.78, 5) is 19.2. The van der Waals surface area contributed by atoms with Gasteiger partial charge in [0.05, 0.1) is 38.2 Å². The molecule has 0 spiro atoms. The topological polar surface area (TPSA) is 62.2 Å². The van der Waals surface area contributed by atoms with Crippen LogP contribution in [0.25, 0.3) is 11.0 Å². The first-order valence-corrected chi connectivity index (χ1v) is 14.5. The smallest absolute Gasteiger partial charge is 0.370 e. The van der Waals surface area contributed by atoms with Gasteiger partial charge in [-0.2, -0.15) is 13.2 Å². The Hall–Kier alpha value is -2.20. The van der Waals surface area contributed by atoms with Gasteiger partial charge >= 0.3 is 6.18 Å². The van der Waals surface area contributed by atoms with Gasteiger partial charge in [0.15, 0.2) is 0 Å². The molecule has 1 saturated carbocycles. The van der Waals surface area contributed by atoms with E-state index in [0.29, 0.717) is 63.0 Å². The van der Waals surface area contributed by atoms with Crippen LogP contribution >= 0.6 is 34.8 Å². The second-order valence-corrected chi connectivity index (χ2v) is 12.5. The number of anilines is 1. The average Bonchev–Trinajstić information content (AvgIpc) is 3.59. The highest BCUT2D eigenvalue weighted by molar-refractivity contribution is 6.36. The van der Waals surface area contributed by atoms with Gasteiger partial charge in [-0.3, -0.25) is 4.79 Å². The van der Waals surface area contributed by atoms with E-state index in [9.17, 15) is 18.0 Å². The van der Waals surface area contributed by atoms with Gasteiger partial charge in [0.2, 0.25) is 5.91 Å². The zero-order valence-corrected chi connectivity index (χ0v) is 24.1. The molecule has 1 atom stereocenters. The van der Waals surface area contributed by atoms with E-state index in [1.165, 1.54) is 0 Å². The molecule has 7 rings (SSSR count). The first-order chi connectivity index (χ1) is 18.9. The van der Waals surface area contributed by atoms with Gasteiger partial charge in [-0.05, 0) is 67.5 Å². The van der Waals surface area contributed by atoms with Crippen LogP contribution in [-0.4, -0.2) is 46.8 Å². The van der Waals surface area contributed by atoms with Crippen LogP contribution in [0.4, 0.5) is 18.9 Å². The summed E-state index contributed by atoms with van der Waals surface area (Å²) in [6.45, 7) is 1.56. The van der Waals surface area contributed by atoms with Gasteiger partial charge in [0, 0.05) is 38.1 Å². The highest BCUT2D eigenvalue weighted by Gasteiger charge is 2.55. The normalized spacial score (nSPS) is 24.4. The fourth-order valence-corrected chi connectivity index (χ4v) is 7.23. The number of imidazole rings is 1. The molecule has 2 aromatic carbocycles. The lowest BCUT2D eigenvalue weighted by atomic mass is 9.73. The minimum atomic E-state index is -4.24. The minimum absolute atomic E-state index is 0.00731. The number of carbonyl (C=O) groups is 1. The Bertz CT molecular complexity index is 1480. The molecule has 3 saturated heterocycles. The van der Waals surface area contributed by atoms with Gasteiger partial charge in [0.25, 0.3) is 0 Å². The Balaban J connectivity index is 1.23. The second kappa shape index (κ2) is 10.3. The quantitative estimate of drug-likeness (QED) is 0.344. The van der Waals surface area contributed by atoms with Crippen molar-refractivity contribution in [3.05, 3.63) is 56.3 Å². The average molecular weight is 615 g/mol. The van der Waals surface area contributed by atoms with Gasteiger partial charge in [-0.1, -0.05) is 40.9 Å². The molecule has 1 aliphatic carbocycles. The lowest BCUT2D eigenvalue weighted by molar-refractivity contribution is -0.176. The Labute approximate surface area is 245 Å². The number of halogens is 6. The number of amides is 1. The van der Waals surface area contributed by atoms with Gasteiger partial charge < -0.3 is 20.1 Å². The molecule has 4 aliphatic rings. The van der Waals surface area contributed by atoms with Crippen LogP contribution in [0.1, 0.15) is 42.6 Å². The minimum Gasteiger partial charge on any atom is -0.370 e. The van der Waals surface area contributed by atoms with Crippen LogP contribution in [0.3, 0.4) is 0 Å². The number of hydrogen-bond donors (Lipinski definition) is 2. The number of alkyl halides is 3. The number of carbonyl (C=O) groups excluding carboxylic acids is 1. The Kier molecular flexibility index (Phi) is 7.17. The van der Waals surface area contributed by atoms with Crippen LogP contribution in [-0.2, 0) is 24.8 Å². The Morgan fingerprint density at radius 1 is 1.20 bits per heavy atom. The largest absolute Gasteiger partial charge is 0.393 e. The van der Waals surface area contributed by atoms with Crippen molar-refractivity contribution in [2.45, 2.75) is 50.4 Å². The molecule has 4 fully saturated rings. The molecule has 1 aromatic heterocycles. The summed E-state index contributed by atoms with van der Waals surface area (Å²) >= 11 is 19.9. The van der Waals surface area contributed by atoms with Crippen LogP contribution in [0, 0.1) is 11.8 Å². The van der Waals surface area contributed by atoms with Crippen molar-refractivity contribution in [3.63, 3.8) is 0 Å². The third kappa shape index (κ3) is 4.93. The summed E-state index contributed by atoms with van der Waals surface area (Å²) in [6.07, 6.45) is -1.60. The molecule has 3 aromatic rings. The summed E-state index contributed by atoms with van der Waals surface area (Å²) in [5.41, 5.74) is 2.95. The molecule has 214 valence electrons. The highest BCUT2D eigenvalue weighted by Crippen LogP contribution is 2.44. The van der Waals surface area contributed by atoms with Crippen LogP contribution < -0.4 is 15.5 Å². The maximum atomic E-state index is 13.4. The number of nitrogens with zero attached hydrogens (tertiary/aromatic N) is 3. The zero-order chi connectivity index (χ0) is 28.4. The van der Waals surface area contributed by atoms with Crippen molar-refractivity contribution in [2.75, 3.05) is 24.5 Å². The molecule has 0 radical (unpaired) electrons. The number of fused-ring (bicyclic) bond motifs is 2. The van der Waals surface area contributed by atoms with Crippen LogP contribution in [0.2, 0.25) is 15.1 Å². The third-order valence-corrected chi connectivity index (χ3v) is 9.87. The van der Waals surface area contributed by atoms with Crippen molar-refractivity contribution in [3.8, 4) is 0 Å². The monoisotopic (exact) mass is 613 g/mol. The number of rotatable bonds is 6. The number of hydrogen-bond acceptors (Lipinski definition) is 4. The first kappa shape index (κ1) is 27.9. The summed E-state index contributed by atoms with van der Waals surface area (Å²) < 4.78 is 42.1. The van der Waals surface area contributed by atoms with E-state index in [0.717, 1.165) is 30.5 Å². The van der Waals surface area contributed by atoms with E-state index < -0.39 is 17.6 Å². The second-order valence-electron chi connectivity index (χ2n) is 11.3. The molecule has 4 heterocycles. The predicted molar refractivity (Wildman–Crippen MR) is 151 cm³/mol. The molecule has 3 aliphatic heterocycles. The fourth-order valence-electron chi connectivity index (χ4n) is 6.38. The van der Waals surface area contributed by atoms with Gasteiger partial charge in [0.1, 0.15) is 5.82 Å². The van der Waals surface area contributed by atoms with Crippen molar-refractivity contribution in [2.24, 2.45) is 18.9 Å². The summed E-state index contributed by atoms with van der Waals surface area (Å²) in [5, 5.41) is 7.66. The lowest BCUT2D eigenvalue weighted by Crippen LogP contribution is -2.55. The van der Waals surface area contributed by atoms with E-state index in [-0.39, 0.29) is 25.4 Å². The van der Waals surface area contributed by atoms with Gasteiger partial charge in [-0.25, -0.2) is 4.98 Å². The molecule has 2 bridgehead atoms. The van der Waals surface area contributed by atoms with E-state index >= 15 is 0 Å². The molecule has 1 unspecified atom stereocenters. The van der Waals surface area contributed by atoms with E-state index in [4.69, 9.17) is 39.8 Å². The highest BCUT2D eigenvalue weighted by atomic mass is 35.5. The van der Waals surface area contributed by atoms with Crippen molar-refractivity contribution in [1.29, 1.82) is 0 Å². The van der Waals surface area contributed by atoms with Crippen molar-refractivity contribution < 1.29 is 18.0 Å². The van der Waals surface area contributed by atoms with Crippen LogP contribution in [0.15, 0.2) is 24.3 Å². The molecule has 6 nitrogen and oxygen atoms in total. The maximum absolute atomic E-state index is 13.4. The van der Waals surface area contributed by atoms with E-state index in [1.807, 2.05) is 23.7 Å². The molecule has 2 N–H and O–H groups in total. The first-order valence-electron chi connectivity index (χ1n) is 13.4. The molecule has 12 heteroatoms. The molecule has 1 amide bonds. The number of piperidine rings is 1. The molecule has 40 heavy (non-hydrogen) atoms. The maximum Gasteiger partial charge on any atom is 0.393 e. The third-order valence-electron chi connectivity index (χ3n) is 8.75. The summed E-state index contributed by atoms with van der Waals surface area (Å²) in [6, 6.07) is 7.08. The Morgan fingerprint density at radius 3 is 2.67 bits per heavy atom. The summed E-state index contributed by atoms with van der Waals surface area (Å²) in [5.74, 6) is -0.120. The number of benzene rings is 2. The Morgan fingerprint density at radius 2 is 1.98 bits per heavy atom. The van der Waals surface area contributed by atoms with E-state index in [1.54, 1.807) is 17.0 Å². The van der Waals surface area contributed by atoms with Crippen LogP contribution in [0.5, 0.6) is 0 Å². The summed E-state index contributed by atoms with van der Waals surface area (Å²) in [7, 11) is 1.85.